The SMILES string of the molecule is COC(=Cc1ccc(C)c(C)c1)C(=O)O. The largest absolute Gasteiger partial charge is 0.490 e. The first-order valence-corrected chi connectivity index (χ1v) is 4.61. The molecule has 3 heteroatoms. The average Bonchev–Trinajstić information content (AvgIpc) is 2.19. The minimum atomic E-state index is -1.06. The van der Waals surface area contributed by atoms with E-state index < -0.39 is 5.97 Å². The van der Waals surface area contributed by atoms with Gasteiger partial charge in [0.2, 0.25) is 5.76 Å². The van der Waals surface area contributed by atoms with Crippen molar-refractivity contribution in [2.24, 2.45) is 0 Å². The molecule has 15 heavy (non-hydrogen) atoms. The summed E-state index contributed by atoms with van der Waals surface area (Å²) in [5, 5.41) is 8.77. The Morgan fingerprint density at radius 1 is 1.33 bits per heavy atom. The van der Waals surface area contributed by atoms with E-state index in [1.165, 1.54) is 18.7 Å². The highest BCUT2D eigenvalue weighted by molar-refractivity contribution is 5.89. The Kier molecular flexibility index (Phi) is 3.50. The third kappa shape index (κ3) is 2.84. The van der Waals surface area contributed by atoms with Crippen LogP contribution in [0.2, 0.25) is 0 Å². The summed E-state index contributed by atoms with van der Waals surface area (Å²) in [6, 6.07) is 5.75. The fraction of sp³-hybridized carbons (Fsp3) is 0.250. The number of benzene rings is 1. The van der Waals surface area contributed by atoms with Crippen LogP contribution in [-0.4, -0.2) is 18.2 Å². The second kappa shape index (κ2) is 4.64. The number of aryl methyl sites for hydroxylation is 2. The van der Waals surface area contributed by atoms with Crippen molar-refractivity contribution >= 4 is 12.0 Å². The molecule has 80 valence electrons. The monoisotopic (exact) mass is 206 g/mol. The average molecular weight is 206 g/mol. The van der Waals surface area contributed by atoms with Gasteiger partial charge in [-0.15, -0.1) is 0 Å². The van der Waals surface area contributed by atoms with Gasteiger partial charge in [0.1, 0.15) is 0 Å². The van der Waals surface area contributed by atoms with E-state index in [2.05, 4.69) is 0 Å². The van der Waals surface area contributed by atoms with E-state index in [1.54, 1.807) is 0 Å². The van der Waals surface area contributed by atoms with E-state index in [0.29, 0.717) is 0 Å². The highest BCUT2D eigenvalue weighted by Crippen LogP contribution is 2.13. The standard InChI is InChI=1S/C12H14O3/c1-8-4-5-10(6-9(8)2)7-11(15-3)12(13)14/h4-7H,1-3H3,(H,13,14). The van der Waals surface area contributed by atoms with Crippen LogP contribution >= 0.6 is 0 Å². The quantitative estimate of drug-likeness (QED) is 0.610. The number of carbonyl (C=O) groups is 1. The van der Waals surface area contributed by atoms with Crippen LogP contribution in [0.5, 0.6) is 0 Å². The van der Waals surface area contributed by atoms with Gasteiger partial charge in [-0.25, -0.2) is 4.79 Å². The first-order chi connectivity index (χ1) is 7.04. The minimum absolute atomic E-state index is 0.0572. The molecule has 0 saturated carbocycles. The first-order valence-electron chi connectivity index (χ1n) is 4.61. The van der Waals surface area contributed by atoms with E-state index in [4.69, 9.17) is 9.84 Å². The number of rotatable bonds is 3. The predicted octanol–water partition coefficient (Wildman–Crippen LogP) is 2.38. The molecule has 0 radical (unpaired) electrons. The number of methoxy groups -OCH3 is 1. The Morgan fingerprint density at radius 2 is 2.00 bits per heavy atom. The van der Waals surface area contributed by atoms with Gasteiger partial charge in [0.15, 0.2) is 0 Å². The maximum absolute atomic E-state index is 10.7. The molecule has 0 heterocycles. The molecule has 1 rings (SSSR count). The van der Waals surface area contributed by atoms with Gasteiger partial charge in [0, 0.05) is 0 Å². The summed E-state index contributed by atoms with van der Waals surface area (Å²) < 4.78 is 4.75. The van der Waals surface area contributed by atoms with Crippen LogP contribution in [0.3, 0.4) is 0 Å². The van der Waals surface area contributed by atoms with Gasteiger partial charge < -0.3 is 9.84 Å². The van der Waals surface area contributed by atoms with E-state index in [9.17, 15) is 4.79 Å². The van der Waals surface area contributed by atoms with Crippen LogP contribution in [0, 0.1) is 13.8 Å². The fourth-order valence-corrected chi connectivity index (χ4v) is 1.21. The smallest absolute Gasteiger partial charge is 0.371 e. The second-order valence-electron chi connectivity index (χ2n) is 3.36. The molecule has 0 aliphatic heterocycles. The molecule has 0 unspecified atom stereocenters. The number of aliphatic carboxylic acids is 1. The van der Waals surface area contributed by atoms with E-state index in [0.717, 1.165) is 11.1 Å². The molecule has 1 N–H and O–H groups in total. The van der Waals surface area contributed by atoms with Crippen LogP contribution in [0.25, 0.3) is 6.08 Å². The van der Waals surface area contributed by atoms with E-state index in [-0.39, 0.29) is 5.76 Å². The zero-order chi connectivity index (χ0) is 11.4. The summed E-state index contributed by atoms with van der Waals surface area (Å²) in [7, 11) is 1.35. The lowest BCUT2D eigenvalue weighted by molar-refractivity contribution is -0.135. The molecule has 0 amide bonds. The van der Waals surface area contributed by atoms with Crippen molar-refractivity contribution in [2.45, 2.75) is 13.8 Å². The Labute approximate surface area is 89.0 Å². The summed E-state index contributed by atoms with van der Waals surface area (Å²) in [5.41, 5.74) is 3.14. The Bertz CT molecular complexity index is 405. The number of carboxylic acids is 1. The number of carboxylic acid groups (broad SMARTS) is 1. The molecule has 1 aromatic carbocycles. The van der Waals surface area contributed by atoms with Crippen molar-refractivity contribution in [1.82, 2.24) is 0 Å². The molecular formula is C12H14O3. The van der Waals surface area contributed by atoms with Gasteiger partial charge in [0.25, 0.3) is 0 Å². The van der Waals surface area contributed by atoms with Crippen LogP contribution < -0.4 is 0 Å². The van der Waals surface area contributed by atoms with Gasteiger partial charge in [-0.3, -0.25) is 0 Å². The fourth-order valence-electron chi connectivity index (χ4n) is 1.21. The second-order valence-corrected chi connectivity index (χ2v) is 3.36. The molecular weight excluding hydrogens is 192 g/mol. The van der Waals surface area contributed by atoms with Gasteiger partial charge in [0.05, 0.1) is 7.11 Å². The number of ether oxygens (including phenoxy) is 1. The summed E-state index contributed by atoms with van der Waals surface area (Å²) in [5.74, 6) is -1.12. The van der Waals surface area contributed by atoms with Gasteiger partial charge >= 0.3 is 5.97 Å². The first kappa shape index (κ1) is 11.3. The maximum Gasteiger partial charge on any atom is 0.371 e. The lowest BCUT2D eigenvalue weighted by Crippen LogP contribution is -2.01. The van der Waals surface area contributed by atoms with E-state index >= 15 is 0 Å². The summed E-state index contributed by atoms with van der Waals surface area (Å²) in [6.45, 7) is 4.00. The van der Waals surface area contributed by atoms with Crippen LogP contribution in [-0.2, 0) is 9.53 Å². The normalized spacial score (nSPS) is 11.3. The molecule has 0 fully saturated rings. The van der Waals surface area contributed by atoms with Crippen molar-refractivity contribution in [2.75, 3.05) is 7.11 Å². The third-order valence-corrected chi connectivity index (χ3v) is 2.26. The van der Waals surface area contributed by atoms with Crippen LogP contribution in [0.4, 0.5) is 0 Å². The molecule has 0 bridgehead atoms. The predicted molar refractivity (Wildman–Crippen MR) is 58.5 cm³/mol. The lowest BCUT2D eigenvalue weighted by atomic mass is 10.1. The molecule has 3 nitrogen and oxygen atoms in total. The Balaban J connectivity index is 3.07. The molecule has 0 aliphatic rings. The third-order valence-electron chi connectivity index (χ3n) is 2.26. The van der Waals surface area contributed by atoms with Crippen LogP contribution in [0.15, 0.2) is 24.0 Å². The molecule has 0 aliphatic carbocycles. The number of hydrogen-bond acceptors (Lipinski definition) is 2. The van der Waals surface area contributed by atoms with Crippen molar-refractivity contribution in [1.29, 1.82) is 0 Å². The maximum atomic E-state index is 10.7. The molecule has 0 aromatic heterocycles. The van der Waals surface area contributed by atoms with Crippen molar-refractivity contribution in [3.63, 3.8) is 0 Å². The minimum Gasteiger partial charge on any atom is -0.490 e. The van der Waals surface area contributed by atoms with Crippen molar-refractivity contribution in [3.05, 3.63) is 40.6 Å². The van der Waals surface area contributed by atoms with E-state index in [1.807, 2.05) is 32.0 Å². The molecule has 0 spiro atoms. The zero-order valence-electron chi connectivity index (χ0n) is 9.07. The van der Waals surface area contributed by atoms with Gasteiger partial charge in [-0.1, -0.05) is 18.2 Å². The molecule has 1 aromatic rings. The molecule has 0 saturated heterocycles. The Morgan fingerprint density at radius 3 is 2.47 bits per heavy atom. The lowest BCUT2D eigenvalue weighted by Gasteiger charge is -2.03. The highest BCUT2D eigenvalue weighted by atomic mass is 16.5. The summed E-state index contributed by atoms with van der Waals surface area (Å²) in [4.78, 5) is 10.7. The summed E-state index contributed by atoms with van der Waals surface area (Å²) in [6.07, 6.45) is 1.51. The van der Waals surface area contributed by atoms with Crippen molar-refractivity contribution in [3.8, 4) is 0 Å². The van der Waals surface area contributed by atoms with Gasteiger partial charge in [-0.05, 0) is 36.6 Å². The number of hydrogen-bond donors (Lipinski definition) is 1. The summed E-state index contributed by atoms with van der Waals surface area (Å²) >= 11 is 0. The molecule has 0 atom stereocenters. The Hall–Kier alpha value is -1.77. The topological polar surface area (TPSA) is 46.5 Å². The van der Waals surface area contributed by atoms with Gasteiger partial charge in [-0.2, -0.15) is 0 Å². The zero-order valence-corrected chi connectivity index (χ0v) is 9.07. The highest BCUT2D eigenvalue weighted by Gasteiger charge is 2.06. The van der Waals surface area contributed by atoms with Crippen LogP contribution in [0.1, 0.15) is 16.7 Å². The van der Waals surface area contributed by atoms with Crippen molar-refractivity contribution < 1.29 is 14.6 Å².